The molecule has 0 unspecified atom stereocenters. The van der Waals surface area contributed by atoms with E-state index in [4.69, 9.17) is 4.42 Å². The number of nitrogens with zero attached hydrogens (tertiary/aromatic N) is 1. The topological polar surface area (TPSA) is 50.5 Å². The quantitative estimate of drug-likeness (QED) is 0.723. The van der Waals surface area contributed by atoms with E-state index in [0.717, 1.165) is 21.8 Å². The standard InChI is InChI=1S/C16H12BrNO3S/c1-2-18-15(19)14(22-16(18)20)9-12-7-8-13(21-12)10-3-5-11(17)6-4-10/h3-9H,2H2,1H3/b14-9-. The van der Waals surface area contributed by atoms with Crippen LogP contribution < -0.4 is 0 Å². The van der Waals surface area contributed by atoms with Gasteiger partial charge in [-0.3, -0.25) is 14.5 Å². The van der Waals surface area contributed by atoms with Crippen molar-refractivity contribution in [1.82, 2.24) is 4.90 Å². The summed E-state index contributed by atoms with van der Waals surface area (Å²) in [6, 6.07) is 11.4. The molecule has 4 nitrogen and oxygen atoms in total. The van der Waals surface area contributed by atoms with Crippen LogP contribution >= 0.6 is 27.7 Å². The second-order valence-electron chi connectivity index (χ2n) is 4.63. The van der Waals surface area contributed by atoms with E-state index in [9.17, 15) is 9.59 Å². The van der Waals surface area contributed by atoms with Gasteiger partial charge in [-0.15, -0.1) is 0 Å². The second kappa shape index (κ2) is 6.14. The van der Waals surface area contributed by atoms with Crippen LogP contribution in [0, 0.1) is 0 Å². The number of likely N-dealkylation sites (N-methyl/N-ethyl adjacent to an activating group) is 1. The van der Waals surface area contributed by atoms with Crippen molar-refractivity contribution in [3.05, 3.63) is 51.5 Å². The van der Waals surface area contributed by atoms with Crippen LogP contribution in [0.25, 0.3) is 17.4 Å². The zero-order chi connectivity index (χ0) is 15.7. The van der Waals surface area contributed by atoms with Crippen molar-refractivity contribution in [2.24, 2.45) is 0 Å². The highest BCUT2D eigenvalue weighted by atomic mass is 79.9. The van der Waals surface area contributed by atoms with Crippen molar-refractivity contribution in [3.8, 4) is 11.3 Å². The number of benzene rings is 1. The van der Waals surface area contributed by atoms with E-state index in [1.165, 1.54) is 4.90 Å². The summed E-state index contributed by atoms with van der Waals surface area (Å²) in [5.74, 6) is 1.01. The van der Waals surface area contributed by atoms with E-state index in [0.29, 0.717) is 23.0 Å². The predicted molar refractivity (Wildman–Crippen MR) is 90.2 cm³/mol. The normalized spacial score (nSPS) is 16.8. The van der Waals surface area contributed by atoms with Gasteiger partial charge in [0.25, 0.3) is 11.1 Å². The first-order valence-electron chi connectivity index (χ1n) is 6.69. The number of hydrogen-bond acceptors (Lipinski definition) is 4. The van der Waals surface area contributed by atoms with Gasteiger partial charge in [0.2, 0.25) is 0 Å². The Hall–Kier alpha value is -1.79. The molecule has 1 aliphatic heterocycles. The largest absolute Gasteiger partial charge is 0.457 e. The number of rotatable bonds is 3. The first-order valence-corrected chi connectivity index (χ1v) is 8.30. The Kier molecular flexibility index (Phi) is 4.22. The monoisotopic (exact) mass is 377 g/mol. The Balaban J connectivity index is 1.86. The molecule has 6 heteroatoms. The van der Waals surface area contributed by atoms with Crippen LogP contribution in [0.1, 0.15) is 12.7 Å². The molecule has 2 heterocycles. The van der Waals surface area contributed by atoms with Gasteiger partial charge in [-0.05, 0) is 43.0 Å². The molecule has 2 aromatic rings. The summed E-state index contributed by atoms with van der Waals surface area (Å²) in [5, 5.41) is -0.238. The van der Waals surface area contributed by atoms with Crippen LogP contribution in [0.4, 0.5) is 4.79 Å². The van der Waals surface area contributed by atoms with Crippen LogP contribution in [0.15, 0.2) is 50.2 Å². The molecule has 0 radical (unpaired) electrons. The Bertz CT molecular complexity index is 764. The molecule has 0 spiro atoms. The third-order valence-corrected chi connectivity index (χ3v) is 4.65. The number of carbonyl (C=O) groups excluding carboxylic acids is 2. The summed E-state index contributed by atoms with van der Waals surface area (Å²) < 4.78 is 6.73. The summed E-state index contributed by atoms with van der Waals surface area (Å²) in [5.41, 5.74) is 0.949. The molecule has 0 saturated carbocycles. The van der Waals surface area contributed by atoms with Crippen LogP contribution in [0.2, 0.25) is 0 Å². The molecule has 22 heavy (non-hydrogen) atoms. The van der Waals surface area contributed by atoms with E-state index >= 15 is 0 Å². The van der Waals surface area contributed by atoms with Gasteiger partial charge < -0.3 is 4.42 Å². The molecular formula is C16H12BrNO3S. The summed E-state index contributed by atoms with van der Waals surface area (Å²) in [6.45, 7) is 2.15. The van der Waals surface area contributed by atoms with E-state index in [-0.39, 0.29) is 11.1 Å². The zero-order valence-electron chi connectivity index (χ0n) is 11.7. The summed E-state index contributed by atoms with van der Waals surface area (Å²) in [7, 11) is 0. The smallest absolute Gasteiger partial charge is 0.293 e. The summed E-state index contributed by atoms with van der Waals surface area (Å²) in [4.78, 5) is 25.3. The van der Waals surface area contributed by atoms with Gasteiger partial charge >= 0.3 is 0 Å². The maximum Gasteiger partial charge on any atom is 0.293 e. The Morgan fingerprint density at radius 1 is 1.18 bits per heavy atom. The minimum atomic E-state index is -0.265. The summed E-state index contributed by atoms with van der Waals surface area (Å²) in [6.07, 6.45) is 1.61. The average molecular weight is 378 g/mol. The molecule has 1 fully saturated rings. The van der Waals surface area contributed by atoms with Gasteiger partial charge in [-0.1, -0.05) is 28.1 Å². The van der Waals surface area contributed by atoms with Crippen LogP contribution in [-0.4, -0.2) is 22.6 Å². The van der Waals surface area contributed by atoms with E-state index in [2.05, 4.69) is 15.9 Å². The Labute approximate surface area is 140 Å². The average Bonchev–Trinajstić information content (AvgIpc) is 3.06. The first-order chi connectivity index (χ1) is 10.6. The van der Waals surface area contributed by atoms with Crippen molar-refractivity contribution in [2.45, 2.75) is 6.92 Å². The third-order valence-electron chi connectivity index (χ3n) is 3.22. The molecule has 1 aromatic carbocycles. The molecule has 0 aliphatic carbocycles. The lowest BCUT2D eigenvalue weighted by Gasteiger charge is -2.06. The molecule has 0 N–H and O–H groups in total. The molecule has 112 valence electrons. The number of amides is 2. The van der Waals surface area contributed by atoms with Crippen molar-refractivity contribution in [3.63, 3.8) is 0 Å². The van der Waals surface area contributed by atoms with Crippen molar-refractivity contribution >= 4 is 44.9 Å². The van der Waals surface area contributed by atoms with Gasteiger partial charge in [0.15, 0.2) is 0 Å². The number of carbonyl (C=O) groups is 2. The maximum atomic E-state index is 12.0. The number of halogens is 1. The third kappa shape index (κ3) is 2.89. The van der Waals surface area contributed by atoms with Crippen LogP contribution in [0.5, 0.6) is 0 Å². The zero-order valence-corrected chi connectivity index (χ0v) is 14.1. The van der Waals surface area contributed by atoms with Crippen molar-refractivity contribution < 1.29 is 14.0 Å². The van der Waals surface area contributed by atoms with Gasteiger partial charge in [0.1, 0.15) is 11.5 Å². The number of thioether (sulfide) groups is 1. The molecule has 1 aromatic heterocycles. The van der Waals surface area contributed by atoms with E-state index < -0.39 is 0 Å². The Morgan fingerprint density at radius 3 is 2.55 bits per heavy atom. The van der Waals surface area contributed by atoms with Gasteiger partial charge in [0, 0.05) is 22.7 Å². The SMILES string of the molecule is CCN1C(=O)S/C(=C\c2ccc(-c3ccc(Br)cc3)o2)C1=O. The molecule has 0 atom stereocenters. The fraction of sp³-hybridized carbons (Fsp3) is 0.125. The summed E-state index contributed by atoms with van der Waals surface area (Å²) >= 11 is 4.33. The Morgan fingerprint density at radius 2 is 1.91 bits per heavy atom. The lowest BCUT2D eigenvalue weighted by molar-refractivity contribution is -0.122. The molecule has 0 bridgehead atoms. The predicted octanol–water partition coefficient (Wildman–Crippen LogP) is 4.77. The van der Waals surface area contributed by atoms with Crippen LogP contribution in [0.3, 0.4) is 0 Å². The van der Waals surface area contributed by atoms with E-state index in [1.807, 2.05) is 30.3 Å². The van der Waals surface area contributed by atoms with Gasteiger partial charge in [-0.2, -0.15) is 0 Å². The molecule has 1 aliphatic rings. The highest BCUT2D eigenvalue weighted by molar-refractivity contribution is 9.10. The highest BCUT2D eigenvalue weighted by Gasteiger charge is 2.33. The molecule has 2 amide bonds. The molecule has 3 rings (SSSR count). The van der Waals surface area contributed by atoms with Gasteiger partial charge in [-0.25, -0.2) is 0 Å². The van der Waals surface area contributed by atoms with Crippen LogP contribution in [-0.2, 0) is 4.79 Å². The lowest BCUT2D eigenvalue weighted by Crippen LogP contribution is -2.27. The lowest BCUT2D eigenvalue weighted by atomic mass is 10.2. The van der Waals surface area contributed by atoms with Gasteiger partial charge in [0.05, 0.1) is 4.91 Å². The molecule has 1 saturated heterocycles. The first kappa shape index (κ1) is 15.1. The number of furan rings is 1. The van der Waals surface area contributed by atoms with Crippen molar-refractivity contribution in [1.29, 1.82) is 0 Å². The highest BCUT2D eigenvalue weighted by Crippen LogP contribution is 2.33. The second-order valence-corrected chi connectivity index (χ2v) is 6.54. The minimum Gasteiger partial charge on any atom is -0.457 e. The van der Waals surface area contributed by atoms with E-state index in [1.54, 1.807) is 19.1 Å². The molecular weight excluding hydrogens is 366 g/mol. The number of imide groups is 1. The number of hydrogen-bond donors (Lipinski definition) is 0. The fourth-order valence-corrected chi connectivity index (χ4v) is 3.25. The minimum absolute atomic E-state index is 0.238. The fourth-order valence-electron chi connectivity index (χ4n) is 2.10. The van der Waals surface area contributed by atoms with Crippen molar-refractivity contribution in [2.75, 3.05) is 6.54 Å². The maximum absolute atomic E-state index is 12.0.